The second kappa shape index (κ2) is 9.94. The summed E-state index contributed by atoms with van der Waals surface area (Å²) in [5.41, 5.74) is 0.711. The normalized spacial score (nSPS) is 12.1. The fourth-order valence-electron chi connectivity index (χ4n) is 3.26. The number of nitro benzene ring substituents is 1. The molecule has 0 unspecified atom stereocenters. The van der Waals surface area contributed by atoms with Crippen LogP contribution >= 0.6 is 11.3 Å². The van der Waals surface area contributed by atoms with Gasteiger partial charge >= 0.3 is 0 Å². The lowest BCUT2D eigenvalue weighted by Crippen LogP contribution is -2.37. The van der Waals surface area contributed by atoms with E-state index in [0.29, 0.717) is 28.4 Å². The molecular formula is C22H26N4O5S2. The summed E-state index contributed by atoms with van der Waals surface area (Å²) < 4.78 is 28.7. The summed E-state index contributed by atoms with van der Waals surface area (Å²) in [5, 5.41) is 13.7. The van der Waals surface area contributed by atoms with Gasteiger partial charge in [0.2, 0.25) is 10.0 Å². The number of amides is 1. The van der Waals surface area contributed by atoms with Crippen molar-refractivity contribution in [2.24, 2.45) is 11.8 Å². The molecule has 0 aliphatic heterocycles. The van der Waals surface area contributed by atoms with E-state index in [-0.39, 0.29) is 28.0 Å². The Balaban J connectivity index is 1.84. The van der Waals surface area contributed by atoms with Crippen LogP contribution < -0.4 is 5.32 Å². The fourth-order valence-corrected chi connectivity index (χ4v) is 6.03. The number of sulfonamides is 1. The number of carbonyl (C=O) groups excluding carboxylic acids is 1. The second-order valence-corrected chi connectivity index (χ2v) is 11.5. The number of aromatic nitrogens is 1. The summed E-state index contributed by atoms with van der Waals surface area (Å²) in [6, 6.07) is 9.98. The summed E-state index contributed by atoms with van der Waals surface area (Å²) in [6.45, 7) is 8.78. The highest BCUT2D eigenvalue weighted by molar-refractivity contribution is 7.89. The van der Waals surface area contributed by atoms with Crippen molar-refractivity contribution in [3.05, 3.63) is 58.1 Å². The van der Waals surface area contributed by atoms with Crippen LogP contribution in [0, 0.1) is 22.0 Å². The van der Waals surface area contributed by atoms with Gasteiger partial charge in [-0.1, -0.05) is 39.0 Å². The maximum Gasteiger partial charge on any atom is 0.269 e. The van der Waals surface area contributed by atoms with Crippen molar-refractivity contribution in [1.29, 1.82) is 0 Å². The Hall–Kier alpha value is -2.89. The van der Waals surface area contributed by atoms with Gasteiger partial charge in [0, 0.05) is 30.8 Å². The summed E-state index contributed by atoms with van der Waals surface area (Å²) in [6.07, 6.45) is 0. The smallest absolute Gasteiger partial charge is 0.269 e. The van der Waals surface area contributed by atoms with E-state index in [1.807, 2.05) is 27.7 Å². The number of nitrogens with zero attached hydrogens (tertiary/aromatic N) is 3. The van der Waals surface area contributed by atoms with Crippen LogP contribution in [0.25, 0.3) is 10.2 Å². The minimum atomic E-state index is -3.68. The van der Waals surface area contributed by atoms with Crippen LogP contribution in [0.1, 0.15) is 38.1 Å². The minimum Gasteiger partial charge on any atom is -0.298 e. The molecule has 1 N–H and O–H groups in total. The van der Waals surface area contributed by atoms with E-state index in [1.54, 1.807) is 12.1 Å². The summed E-state index contributed by atoms with van der Waals surface area (Å²) in [4.78, 5) is 27.3. The van der Waals surface area contributed by atoms with Crippen LogP contribution in [0.4, 0.5) is 10.8 Å². The lowest BCUT2D eigenvalue weighted by molar-refractivity contribution is -0.384. The second-order valence-electron chi connectivity index (χ2n) is 8.52. The van der Waals surface area contributed by atoms with Crippen molar-refractivity contribution >= 4 is 48.3 Å². The van der Waals surface area contributed by atoms with Gasteiger partial charge in [-0.05, 0) is 42.2 Å². The Bertz CT molecular complexity index is 1260. The van der Waals surface area contributed by atoms with E-state index in [2.05, 4.69) is 10.3 Å². The van der Waals surface area contributed by atoms with Crippen molar-refractivity contribution in [3.63, 3.8) is 0 Å². The summed E-state index contributed by atoms with van der Waals surface area (Å²) >= 11 is 1.16. The lowest BCUT2D eigenvalue weighted by Gasteiger charge is -2.25. The zero-order chi connectivity index (χ0) is 24.3. The van der Waals surface area contributed by atoms with Gasteiger partial charge in [0.1, 0.15) is 0 Å². The van der Waals surface area contributed by atoms with E-state index >= 15 is 0 Å². The molecule has 33 heavy (non-hydrogen) atoms. The zero-order valence-electron chi connectivity index (χ0n) is 18.8. The summed E-state index contributed by atoms with van der Waals surface area (Å²) in [5.74, 6) is -0.0874. The molecule has 0 aliphatic rings. The number of thiazole rings is 1. The number of nitrogens with one attached hydrogen (secondary N) is 1. The molecule has 9 nitrogen and oxygen atoms in total. The van der Waals surface area contributed by atoms with E-state index < -0.39 is 20.9 Å². The number of hydrogen-bond acceptors (Lipinski definition) is 7. The largest absolute Gasteiger partial charge is 0.298 e. The van der Waals surface area contributed by atoms with Crippen molar-refractivity contribution in [1.82, 2.24) is 9.29 Å². The van der Waals surface area contributed by atoms with Crippen LogP contribution in [0.3, 0.4) is 0 Å². The molecule has 11 heteroatoms. The molecule has 0 saturated carbocycles. The Morgan fingerprint density at radius 3 is 2.24 bits per heavy atom. The van der Waals surface area contributed by atoms with Gasteiger partial charge in [-0.25, -0.2) is 13.4 Å². The number of carbonyl (C=O) groups is 1. The molecule has 1 heterocycles. The maximum atomic E-state index is 13.3. The zero-order valence-corrected chi connectivity index (χ0v) is 20.4. The third-order valence-electron chi connectivity index (χ3n) is 4.70. The molecule has 3 rings (SSSR count). The van der Waals surface area contributed by atoms with Gasteiger partial charge in [0.15, 0.2) is 5.13 Å². The quantitative estimate of drug-likeness (QED) is 0.341. The average molecular weight is 491 g/mol. The van der Waals surface area contributed by atoms with Gasteiger partial charge in [-0.2, -0.15) is 4.31 Å². The van der Waals surface area contributed by atoms with Crippen LogP contribution in [-0.2, 0) is 10.0 Å². The van der Waals surface area contributed by atoms with Crippen LogP contribution in [0.5, 0.6) is 0 Å². The predicted octanol–water partition coefficient (Wildman–Crippen LogP) is 4.76. The molecule has 0 aliphatic carbocycles. The molecule has 2 aromatic carbocycles. The first-order valence-corrected chi connectivity index (χ1v) is 12.7. The first-order chi connectivity index (χ1) is 15.5. The van der Waals surface area contributed by atoms with Crippen LogP contribution in [0.2, 0.25) is 0 Å². The highest BCUT2D eigenvalue weighted by Crippen LogP contribution is 2.30. The van der Waals surface area contributed by atoms with Crippen LogP contribution in [0.15, 0.2) is 47.4 Å². The van der Waals surface area contributed by atoms with E-state index in [9.17, 15) is 23.3 Å². The number of fused-ring (bicyclic) bond motifs is 1. The number of hydrogen-bond donors (Lipinski definition) is 1. The lowest BCUT2D eigenvalue weighted by atomic mass is 10.2. The third kappa shape index (κ3) is 5.92. The number of rotatable bonds is 9. The Labute approximate surface area is 196 Å². The van der Waals surface area contributed by atoms with E-state index in [0.717, 1.165) is 11.3 Å². The molecule has 0 saturated heterocycles. The highest BCUT2D eigenvalue weighted by Gasteiger charge is 2.26. The Kier molecular flexibility index (Phi) is 7.45. The van der Waals surface area contributed by atoms with E-state index in [4.69, 9.17) is 0 Å². The van der Waals surface area contributed by atoms with Gasteiger partial charge in [0.25, 0.3) is 11.6 Å². The first-order valence-electron chi connectivity index (χ1n) is 10.4. The molecule has 1 amide bonds. The van der Waals surface area contributed by atoms with Crippen molar-refractivity contribution in [2.75, 3.05) is 18.4 Å². The van der Waals surface area contributed by atoms with Gasteiger partial charge in [0.05, 0.1) is 20.0 Å². The maximum absolute atomic E-state index is 13.3. The monoisotopic (exact) mass is 490 g/mol. The fraction of sp³-hybridized carbons (Fsp3) is 0.364. The number of non-ortho nitro benzene ring substituents is 1. The standard InChI is InChI=1S/C22H26N4O5S2/c1-14(2)12-25(13-15(3)4)33(30,31)18-9-10-19-20(11-18)32-22(23-19)24-21(27)16-5-7-17(8-6-16)26(28)29/h5-11,14-15H,12-13H2,1-4H3,(H,23,24,27). The first kappa shape index (κ1) is 24.7. The molecule has 0 bridgehead atoms. The number of benzene rings is 2. The third-order valence-corrected chi connectivity index (χ3v) is 7.46. The van der Waals surface area contributed by atoms with Crippen LogP contribution in [-0.4, -0.2) is 41.6 Å². The molecule has 0 fully saturated rings. The molecule has 0 spiro atoms. The van der Waals surface area contributed by atoms with Gasteiger partial charge < -0.3 is 0 Å². The van der Waals surface area contributed by atoms with Gasteiger partial charge in [-0.15, -0.1) is 0 Å². The predicted molar refractivity (Wildman–Crippen MR) is 129 cm³/mol. The van der Waals surface area contributed by atoms with E-state index in [1.165, 1.54) is 34.6 Å². The molecular weight excluding hydrogens is 464 g/mol. The van der Waals surface area contributed by atoms with Crippen molar-refractivity contribution in [2.45, 2.75) is 32.6 Å². The number of anilines is 1. The van der Waals surface area contributed by atoms with Gasteiger partial charge in [-0.3, -0.25) is 20.2 Å². The molecule has 176 valence electrons. The Morgan fingerprint density at radius 1 is 1.09 bits per heavy atom. The average Bonchev–Trinajstić information content (AvgIpc) is 3.14. The summed E-state index contributed by atoms with van der Waals surface area (Å²) in [7, 11) is -3.68. The number of nitro groups is 1. The van der Waals surface area contributed by atoms with Crippen molar-refractivity contribution < 1.29 is 18.1 Å². The highest BCUT2D eigenvalue weighted by atomic mass is 32.2. The molecule has 3 aromatic rings. The molecule has 0 atom stereocenters. The topological polar surface area (TPSA) is 123 Å². The SMILES string of the molecule is CC(C)CN(CC(C)C)S(=O)(=O)c1ccc2nc(NC(=O)c3ccc([N+](=O)[O-])cc3)sc2c1. The Morgan fingerprint density at radius 2 is 1.70 bits per heavy atom. The van der Waals surface area contributed by atoms with Crippen molar-refractivity contribution in [3.8, 4) is 0 Å². The molecule has 1 aromatic heterocycles. The molecule has 0 radical (unpaired) electrons. The minimum absolute atomic E-state index is 0.107.